The molecular formula is C18H24N4O. The number of rotatable bonds is 4. The number of pyridine rings is 1. The van der Waals surface area contributed by atoms with E-state index in [-0.39, 0.29) is 5.60 Å². The molecule has 1 unspecified atom stereocenters. The maximum atomic E-state index is 5.94. The second kappa shape index (κ2) is 6.62. The number of nitrogens with zero attached hydrogens (tertiary/aromatic N) is 4. The molecule has 2 aromatic rings. The number of ether oxygens (including phenoxy) is 1. The Labute approximate surface area is 137 Å². The number of hydrogen-bond acceptors (Lipinski definition) is 5. The van der Waals surface area contributed by atoms with E-state index >= 15 is 0 Å². The molecule has 1 fully saturated rings. The SMILES string of the molecule is CCc1cc(N2CCOC(C)(CC)C2)nc(-c2ccccn2)n1. The van der Waals surface area contributed by atoms with Crippen LogP contribution in [0, 0.1) is 0 Å². The van der Waals surface area contributed by atoms with E-state index in [2.05, 4.69) is 41.7 Å². The molecule has 1 saturated heterocycles. The topological polar surface area (TPSA) is 51.1 Å². The summed E-state index contributed by atoms with van der Waals surface area (Å²) in [5.41, 5.74) is 1.75. The normalized spacial score (nSPS) is 21.4. The van der Waals surface area contributed by atoms with Crippen molar-refractivity contribution in [3.8, 4) is 11.5 Å². The molecule has 1 atom stereocenters. The summed E-state index contributed by atoms with van der Waals surface area (Å²) in [5, 5.41) is 0. The molecule has 0 aliphatic carbocycles. The fourth-order valence-corrected chi connectivity index (χ4v) is 2.78. The van der Waals surface area contributed by atoms with Gasteiger partial charge in [0.1, 0.15) is 11.5 Å². The molecule has 1 aliphatic heterocycles. The van der Waals surface area contributed by atoms with E-state index in [4.69, 9.17) is 9.72 Å². The molecule has 5 nitrogen and oxygen atoms in total. The maximum Gasteiger partial charge on any atom is 0.180 e. The van der Waals surface area contributed by atoms with E-state index in [9.17, 15) is 0 Å². The number of anilines is 1. The summed E-state index contributed by atoms with van der Waals surface area (Å²) >= 11 is 0. The molecule has 0 amide bonds. The zero-order valence-electron chi connectivity index (χ0n) is 14.1. The summed E-state index contributed by atoms with van der Waals surface area (Å²) in [7, 11) is 0. The standard InChI is InChI=1S/C18H24N4O/c1-4-14-12-16(22-10-11-23-18(3,5-2)13-22)21-17(20-14)15-8-6-7-9-19-15/h6-9,12H,4-5,10-11,13H2,1-3H3. The van der Waals surface area contributed by atoms with E-state index in [0.29, 0.717) is 5.82 Å². The van der Waals surface area contributed by atoms with E-state index in [0.717, 1.165) is 49.7 Å². The lowest BCUT2D eigenvalue weighted by atomic mass is 10.0. The molecule has 0 aromatic carbocycles. The second-order valence-corrected chi connectivity index (χ2v) is 6.18. The van der Waals surface area contributed by atoms with Crippen molar-refractivity contribution in [2.24, 2.45) is 0 Å². The van der Waals surface area contributed by atoms with Crippen LogP contribution in [0.15, 0.2) is 30.5 Å². The Morgan fingerprint density at radius 3 is 2.83 bits per heavy atom. The highest BCUT2D eigenvalue weighted by Crippen LogP contribution is 2.26. The van der Waals surface area contributed by atoms with Gasteiger partial charge in [-0.05, 0) is 31.9 Å². The Morgan fingerprint density at radius 1 is 1.26 bits per heavy atom. The molecule has 1 aliphatic rings. The summed E-state index contributed by atoms with van der Waals surface area (Å²) in [4.78, 5) is 16.1. The van der Waals surface area contributed by atoms with Gasteiger partial charge in [0.15, 0.2) is 5.82 Å². The quantitative estimate of drug-likeness (QED) is 0.868. The van der Waals surface area contributed by atoms with Crippen LogP contribution in [-0.2, 0) is 11.2 Å². The summed E-state index contributed by atoms with van der Waals surface area (Å²) in [5.74, 6) is 1.67. The number of morpholine rings is 1. The van der Waals surface area contributed by atoms with Crippen LogP contribution in [0.25, 0.3) is 11.5 Å². The van der Waals surface area contributed by atoms with E-state index in [1.54, 1.807) is 6.20 Å². The molecule has 5 heteroatoms. The minimum absolute atomic E-state index is 0.110. The van der Waals surface area contributed by atoms with Crippen LogP contribution in [0.1, 0.15) is 32.9 Å². The number of hydrogen-bond donors (Lipinski definition) is 0. The average molecular weight is 312 g/mol. The van der Waals surface area contributed by atoms with Crippen molar-refractivity contribution in [3.05, 3.63) is 36.2 Å². The van der Waals surface area contributed by atoms with Gasteiger partial charge in [0, 0.05) is 31.0 Å². The van der Waals surface area contributed by atoms with Gasteiger partial charge < -0.3 is 9.64 Å². The number of aromatic nitrogens is 3. The van der Waals surface area contributed by atoms with E-state index < -0.39 is 0 Å². The summed E-state index contributed by atoms with van der Waals surface area (Å²) < 4.78 is 5.94. The molecular weight excluding hydrogens is 288 g/mol. The van der Waals surface area contributed by atoms with Crippen molar-refractivity contribution in [1.29, 1.82) is 0 Å². The zero-order valence-corrected chi connectivity index (χ0v) is 14.1. The average Bonchev–Trinajstić information content (AvgIpc) is 2.62. The predicted octanol–water partition coefficient (Wildman–Crippen LogP) is 3.11. The second-order valence-electron chi connectivity index (χ2n) is 6.18. The third-order valence-electron chi connectivity index (χ3n) is 4.43. The van der Waals surface area contributed by atoms with Gasteiger partial charge >= 0.3 is 0 Å². The minimum Gasteiger partial charge on any atom is -0.372 e. The first-order chi connectivity index (χ1) is 11.1. The van der Waals surface area contributed by atoms with E-state index in [1.807, 2.05) is 18.2 Å². The lowest BCUT2D eigenvalue weighted by Gasteiger charge is -2.40. The van der Waals surface area contributed by atoms with Gasteiger partial charge in [0.05, 0.1) is 12.2 Å². The Bertz CT molecular complexity index is 661. The third kappa shape index (κ3) is 3.50. The molecule has 0 N–H and O–H groups in total. The highest BCUT2D eigenvalue weighted by molar-refractivity contribution is 5.54. The van der Waals surface area contributed by atoms with E-state index in [1.165, 1.54) is 0 Å². The molecule has 23 heavy (non-hydrogen) atoms. The molecule has 0 saturated carbocycles. The smallest absolute Gasteiger partial charge is 0.180 e. The van der Waals surface area contributed by atoms with Crippen LogP contribution in [0.2, 0.25) is 0 Å². The summed E-state index contributed by atoms with van der Waals surface area (Å²) in [6.45, 7) is 8.89. The Balaban J connectivity index is 1.96. The van der Waals surface area contributed by atoms with Gasteiger partial charge in [-0.3, -0.25) is 4.98 Å². The van der Waals surface area contributed by atoms with Crippen molar-refractivity contribution in [3.63, 3.8) is 0 Å². The first-order valence-corrected chi connectivity index (χ1v) is 8.32. The summed E-state index contributed by atoms with van der Waals surface area (Å²) in [6, 6.07) is 7.91. The highest BCUT2D eigenvalue weighted by Gasteiger charge is 2.31. The molecule has 2 aromatic heterocycles. The van der Waals surface area contributed by atoms with Crippen molar-refractivity contribution in [1.82, 2.24) is 15.0 Å². The third-order valence-corrected chi connectivity index (χ3v) is 4.43. The van der Waals surface area contributed by atoms with Gasteiger partial charge in [0.2, 0.25) is 0 Å². The van der Waals surface area contributed by atoms with Gasteiger partial charge in [-0.1, -0.05) is 19.9 Å². The zero-order chi connectivity index (χ0) is 16.3. The minimum atomic E-state index is -0.110. The van der Waals surface area contributed by atoms with Gasteiger partial charge in [-0.15, -0.1) is 0 Å². The monoisotopic (exact) mass is 312 g/mol. The first kappa shape index (κ1) is 15.9. The molecule has 0 spiro atoms. The van der Waals surface area contributed by atoms with Crippen molar-refractivity contribution in [2.45, 2.75) is 39.2 Å². The van der Waals surface area contributed by atoms with Crippen LogP contribution in [0.3, 0.4) is 0 Å². The molecule has 3 heterocycles. The Hall–Kier alpha value is -2.01. The van der Waals surface area contributed by atoms with Crippen LogP contribution in [0.5, 0.6) is 0 Å². The fourth-order valence-electron chi connectivity index (χ4n) is 2.78. The molecule has 0 radical (unpaired) electrons. The largest absolute Gasteiger partial charge is 0.372 e. The van der Waals surface area contributed by atoms with Gasteiger partial charge in [-0.25, -0.2) is 9.97 Å². The Morgan fingerprint density at radius 2 is 2.13 bits per heavy atom. The van der Waals surface area contributed by atoms with Crippen LogP contribution in [-0.4, -0.2) is 40.2 Å². The highest BCUT2D eigenvalue weighted by atomic mass is 16.5. The lowest BCUT2D eigenvalue weighted by Crippen LogP contribution is -2.50. The fraction of sp³-hybridized carbons (Fsp3) is 0.500. The lowest BCUT2D eigenvalue weighted by molar-refractivity contribution is -0.0443. The van der Waals surface area contributed by atoms with Crippen LogP contribution < -0.4 is 4.90 Å². The van der Waals surface area contributed by atoms with Crippen LogP contribution in [0.4, 0.5) is 5.82 Å². The Kier molecular flexibility index (Phi) is 4.57. The van der Waals surface area contributed by atoms with Gasteiger partial charge in [-0.2, -0.15) is 0 Å². The van der Waals surface area contributed by atoms with Crippen molar-refractivity contribution in [2.75, 3.05) is 24.6 Å². The predicted molar refractivity (Wildman–Crippen MR) is 91.5 cm³/mol. The van der Waals surface area contributed by atoms with Crippen molar-refractivity contribution < 1.29 is 4.74 Å². The summed E-state index contributed by atoms with van der Waals surface area (Å²) in [6.07, 6.45) is 3.65. The molecule has 3 rings (SSSR count). The van der Waals surface area contributed by atoms with Crippen LogP contribution >= 0.6 is 0 Å². The van der Waals surface area contributed by atoms with Crippen molar-refractivity contribution >= 4 is 5.82 Å². The number of aryl methyl sites for hydroxylation is 1. The molecule has 122 valence electrons. The van der Waals surface area contributed by atoms with Gasteiger partial charge in [0.25, 0.3) is 0 Å². The first-order valence-electron chi connectivity index (χ1n) is 8.32. The maximum absolute atomic E-state index is 5.94. The molecule has 0 bridgehead atoms.